The molecule has 1 saturated carbocycles. The van der Waals surface area contributed by atoms with Gasteiger partial charge >= 0.3 is 0 Å². The van der Waals surface area contributed by atoms with E-state index in [2.05, 4.69) is 47.1 Å². The molecule has 1 heteroatoms. The summed E-state index contributed by atoms with van der Waals surface area (Å²) in [6.07, 6.45) is 7.97. The zero-order valence-electron chi connectivity index (χ0n) is 10.1. The van der Waals surface area contributed by atoms with Gasteiger partial charge in [0.05, 0.1) is 0 Å². The van der Waals surface area contributed by atoms with E-state index in [-0.39, 0.29) is 0 Å². The summed E-state index contributed by atoms with van der Waals surface area (Å²) in [4.78, 5) is 0.743. The summed E-state index contributed by atoms with van der Waals surface area (Å²) in [5.74, 6) is 0.848. The maximum absolute atomic E-state index is 3.84. The lowest BCUT2D eigenvalue weighted by Gasteiger charge is -2.27. The Kier molecular flexibility index (Phi) is 4.45. The molecule has 0 aromatic heterocycles. The zero-order chi connectivity index (χ0) is 11.4. The lowest BCUT2D eigenvalue weighted by molar-refractivity contribution is 0.373. The molecule has 0 N–H and O–H groups in total. The van der Waals surface area contributed by atoms with Crippen LogP contribution in [0.3, 0.4) is 0 Å². The van der Waals surface area contributed by atoms with Gasteiger partial charge in [0.25, 0.3) is 0 Å². The van der Waals surface area contributed by atoms with Crippen LogP contribution in [0.2, 0.25) is 0 Å². The third kappa shape index (κ3) is 3.10. The summed E-state index contributed by atoms with van der Waals surface area (Å²) >= 11 is 3.84. The van der Waals surface area contributed by atoms with E-state index in [9.17, 15) is 0 Å². The molecule has 0 spiro atoms. The summed E-state index contributed by atoms with van der Waals surface area (Å²) in [5, 5.41) is 0. The fourth-order valence-electron chi connectivity index (χ4n) is 2.61. The van der Waals surface area contributed by atoms with E-state index in [1.807, 2.05) is 0 Å². The first-order valence-electron chi connectivity index (χ1n) is 6.51. The molecule has 2 atom stereocenters. The molecule has 0 aliphatic heterocycles. The predicted molar refractivity (Wildman–Crippen MR) is 74.2 cm³/mol. The second-order valence-corrected chi connectivity index (χ2v) is 6.11. The minimum absolute atomic E-state index is 0.743. The van der Waals surface area contributed by atoms with Gasteiger partial charge in [-0.3, -0.25) is 0 Å². The minimum atomic E-state index is 0.743. The van der Waals surface area contributed by atoms with Gasteiger partial charge in [-0.1, -0.05) is 60.0 Å². The molecule has 0 radical (unpaired) electrons. The summed E-state index contributed by atoms with van der Waals surface area (Å²) in [6.45, 7) is 2.21. The predicted octanol–water partition coefficient (Wildman–Crippen LogP) is 4.75. The van der Waals surface area contributed by atoms with Crippen LogP contribution in [0.15, 0.2) is 24.3 Å². The quantitative estimate of drug-likeness (QED) is 0.702. The highest BCUT2D eigenvalue weighted by atomic mass is 79.9. The number of hydrogen-bond acceptors (Lipinski definition) is 0. The van der Waals surface area contributed by atoms with Crippen molar-refractivity contribution in [2.75, 3.05) is 0 Å². The van der Waals surface area contributed by atoms with Crippen molar-refractivity contribution < 1.29 is 0 Å². The van der Waals surface area contributed by atoms with Crippen molar-refractivity contribution in [1.29, 1.82) is 0 Å². The summed E-state index contributed by atoms with van der Waals surface area (Å²) in [7, 11) is 0. The second-order valence-electron chi connectivity index (χ2n) is 4.93. The zero-order valence-corrected chi connectivity index (χ0v) is 11.7. The standard InChI is InChI=1S/C15H21Br/c1-2-12-7-9-13(10-8-12)11-14-5-3-4-6-15(14)16/h7-10,14-15H,2-6,11H2,1H3. The Morgan fingerprint density at radius 3 is 2.31 bits per heavy atom. The van der Waals surface area contributed by atoms with Crippen molar-refractivity contribution in [3.8, 4) is 0 Å². The molecule has 2 rings (SSSR count). The van der Waals surface area contributed by atoms with Gasteiger partial charge in [-0.2, -0.15) is 0 Å². The molecule has 1 fully saturated rings. The van der Waals surface area contributed by atoms with Crippen LogP contribution >= 0.6 is 15.9 Å². The highest BCUT2D eigenvalue weighted by molar-refractivity contribution is 9.09. The minimum Gasteiger partial charge on any atom is -0.0888 e. The van der Waals surface area contributed by atoms with Crippen LogP contribution in [0, 0.1) is 5.92 Å². The molecule has 1 aliphatic carbocycles. The highest BCUT2D eigenvalue weighted by Crippen LogP contribution is 2.32. The van der Waals surface area contributed by atoms with Crippen LogP contribution in [-0.2, 0) is 12.8 Å². The van der Waals surface area contributed by atoms with E-state index in [1.54, 1.807) is 0 Å². The molecule has 16 heavy (non-hydrogen) atoms. The van der Waals surface area contributed by atoms with Crippen molar-refractivity contribution in [1.82, 2.24) is 0 Å². The Labute approximate surface area is 108 Å². The molecule has 0 nitrogen and oxygen atoms in total. The normalized spacial score (nSPS) is 25.6. The number of halogens is 1. The fourth-order valence-corrected chi connectivity index (χ4v) is 3.38. The topological polar surface area (TPSA) is 0 Å². The third-order valence-corrected chi connectivity index (χ3v) is 4.95. The Balaban J connectivity index is 1.96. The van der Waals surface area contributed by atoms with Crippen molar-refractivity contribution >= 4 is 15.9 Å². The molecule has 0 bridgehead atoms. The largest absolute Gasteiger partial charge is 0.0888 e. The van der Waals surface area contributed by atoms with Crippen LogP contribution < -0.4 is 0 Å². The Morgan fingerprint density at radius 2 is 1.69 bits per heavy atom. The van der Waals surface area contributed by atoms with Gasteiger partial charge in [-0.05, 0) is 42.7 Å². The summed E-state index contributed by atoms with van der Waals surface area (Å²) < 4.78 is 0. The molecular weight excluding hydrogens is 260 g/mol. The van der Waals surface area contributed by atoms with Crippen molar-refractivity contribution in [2.45, 2.75) is 50.3 Å². The summed E-state index contributed by atoms with van der Waals surface area (Å²) in [5.41, 5.74) is 2.95. The van der Waals surface area contributed by atoms with E-state index >= 15 is 0 Å². The number of aryl methyl sites for hydroxylation is 1. The van der Waals surface area contributed by atoms with E-state index in [1.165, 1.54) is 43.2 Å². The van der Waals surface area contributed by atoms with Crippen molar-refractivity contribution in [3.05, 3.63) is 35.4 Å². The van der Waals surface area contributed by atoms with Crippen molar-refractivity contribution in [3.63, 3.8) is 0 Å². The molecule has 0 amide bonds. The number of alkyl halides is 1. The lowest BCUT2D eigenvalue weighted by atomic mass is 9.84. The van der Waals surface area contributed by atoms with Gasteiger partial charge in [0.15, 0.2) is 0 Å². The van der Waals surface area contributed by atoms with Gasteiger partial charge < -0.3 is 0 Å². The van der Waals surface area contributed by atoms with Gasteiger partial charge in [-0.15, -0.1) is 0 Å². The first-order valence-corrected chi connectivity index (χ1v) is 7.43. The van der Waals surface area contributed by atoms with Crippen LogP contribution in [0.5, 0.6) is 0 Å². The van der Waals surface area contributed by atoms with Gasteiger partial charge in [0, 0.05) is 4.83 Å². The van der Waals surface area contributed by atoms with Gasteiger partial charge in [0.1, 0.15) is 0 Å². The molecular formula is C15H21Br. The van der Waals surface area contributed by atoms with E-state index in [4.69, 9.17) is 0 Å². The first kappa shape index (κ1) is 12.2. The number of hydrogen-bond donors (Lipinski definition) is 0. The van der Waals surface area contributed by atoms with Crippen LogP contribution in [-0.4, -0.2) is 4.83 Å². The summed E-state index contributed by atoms with van der Waals surface area (Å²) in [6, 6.07) is 9.18. The molecule has 2 unspecified atom stereocenters. The SMILES string of the molecule is CCc1ccc(CC2CCCCC2Br)cc1. The van der Waals surface area contributed by atoms with Gasteiger partial charge in [0.2, 0.25) is 0 Å². The third-order valence-electron chi connectivity index (χ3n) is 3.75. The Bertz CT molecular complexity index is 315. The van der Waals surface area contributed by atoms with Crippen molar-refractivity contribution in [2.24, 2.45) is 5.92 Å². The van der Waals surface area contributed by atoms with E-state index in [0.717, 1.165) is 17.2 Å². The Morgan fingerprint density at radius 1 is 1.06 bits per heavy atom. The highest BCUT2D eigenvalue weighted by Gasteiger charge is 2.22. The monoisotopic (exact) mass is 280 g/mol. The Hall–Kier alpha value is -0.300. The average Bonchev–Trinajstić information content (AvgIpc) is 2.33. The fraction of sp³-hybridized carbons (Fsp3) is 0.600. The average molecular weight is 281 g/mol. The maximum atomic E-state index is 3.84. The van der Waals surface area contributed by atoms with Crippen LogP contribution in [0.1, 0.15) is 43.7 Å². The van der Waals surface area contributed by atoms with E-state index < -0.39 is 0 Å². The van der Waals surface area contributed by atoms with E-state index in [0.29, 0.717) is 0 Å². The molecule has 1 aromatic rings. The molecule has 1 aliphatic rings. The smallest absolute Gasteiger partial charge is 0.0177 e. The molecule has 1 aromatic carbocycles. The van der Waals surface area contributed by atoms with Crippen LogP contribution in [0.4, 0.5) is 0 Å². The first-order chi connectivity index (χ1) is 7.79. The lowest BCUT2D eigenvalue weighted by Crippen LogP contribution is -2.21. The molecule has 0 saturated heterocycles. The van der Waals surface area contributed by atoms with Gasteiger partial charge in [-0.25, -0.2) is 0 Å². The molecule has 0 heterocycles. The number of benzene rings is 1. The number of rotatable bonds is 3. The maximum Gasteiger partial charge on any atom is 0.0177 e. The van der Waals surface area contributed by atoms with Crippen LogP contribution in [0.25, 0.3) is 0 Å². The second kappa shape index (κ2) is 5.86. The molecule has 88 valence electrons.